The number of nitrogens with one attached hydrogen (secondary N) is 1. The van der Waals surface area contributed by atoms with Crippen molar-refractivity contribution < 1.29 is 9.53 Å². The first-order valence-electron chi connectivity index (χ1n) is 12.1. The van der Waals surface area contributed by atoms with Crippen molar-refractivity contribution in [2.24, 2.45) is 0 Å². The average Bonchev–Trinajstić information content (AvgIpc) is 3.63. The van der Waals surface area contributed by atoms with Crippen molar-refractivity contribution >= 4 is 11.6 Å². The zero-order valence-electron chi connectivity index (χ0n) is 19.1. The van der Waals surface area contributed by atoms with E-state index in [9.17, 15) is 4.79 Å². The summed E-state index contributed by atoms with van der Waals surface area (Å²) in [6, 6.07) is 16.9. The molecule has 0 bridgehead atoms. The standard InChI is InChI=1S/C27H30N4O2/c1-30-15-7-10-21(30)18-33-24-17-19(23-11-14-28-31(23)20-8-3-2-4-9-20)16-22-25(24)29-26(32)27(22)12-5-6-13-27/h2-4,8-9,11,14,16-17,21H,5-7,10,12-13,15,18H2,1H3,(H,29,32)/t21-/m0/s1. The minimum atomic E-state index is -0.425. The summed E-state index contributed by atoms with van der Waals surface area (Å²) < 4.78 is 8.41. The number of carbonyl (C=O) groups excluding carboxylic acids is 1. The Morgan fingerprint density at radius 1 is 1.12 bits per heavy atom. The van der Waals surface area contributed by atoms with E-state index in [0.29, 0.717) is 12.6 Å². The molecule has 1 atom stereocenters. The fourth-order valence-corrected chi connectivity index (χ4v) is 5.89. The number of benzene rings is 2. The second kappa shape index (κ2) is 8.03. The summed E-state index contributed by atoms with van der Waals surface area (Å²) in [7, 11) is 2.16. The molecule has 6 heteroatoms. The van der Waals surface area contributed by atoms with Gasteiger partial charge >= 0.3 is 0 Å². The highest BCUT2D eigenvalue weighted by Crippen LogP contribution is 2.53. The summed E-state index contributed by atoms with van der Waals surface area (Å²) in [6.45, 7) is 1.75. The zero-order chi connectivity index (χ0) is 22.4. The molecule has 6 nitrogen and oxygen atoms in total. The Labute approximate surface area is 194 Å². The monoisotopic (exact) mass is 442 g/mol. The van der Waals surface area contributed by atoms with E-state index in [1.165, 1.54) is 6.42 Å². The van der Waals surface area contributed by atoms with Crippen molar-refractivity contribution in [1.82, 2.24) is 14.7 Å². The van der Waals surface area contributed by atoms with Gasteiger partial charge in [-0.25, -0.2) is 4.68 Å². The van der Waals surface area contributed by atoms with Crippen molar-refractivity contribution in [1.29, 1.82) is 0 Å². The number of ether oxygens (including phenoxy) is 1. The Hall–Kier alpha value is -3.12. The molecule has 1 amide bonds. The third-order valence-electron chi connectivity index (χ3n) is 7.79. The molecule has 1 saturated heterocycles. The number of rotatable bonds is 5. The number of para-hydroxylation sites is 1. The highest BCUT2D eigenvalue weighted by Gasteiger charge is 2.49. The first-order chi connectivity index (χ1) is 16.2. The van der Waals surface area contributed by atoms with Crippen molar-refractivity contribution in [3.05, 3.63) is 60.3 Å². The Morgan fingerprint density at radius 2 is 1.94 bits per heavy atom. The molecule has 3 heterocycles. The van der Waals surface area contributed by atoms with E-state index in [0.717, 1.165) is 72.6 Å². The maximum Gasteiger partial charge on any atom is 0.235 e. The predicted octanol–water partition coefficient (Wildman–Crippen LogP) is 4.78. The second-order valence-electron chi connectivity index (χ2n) is 9.69. The molecule has 2 aliphatic heterocycles. The molecule has 0 unspecified atom stereocenters. The summed E-state index contributed by atoms with van der Waals surface area (Å²) in [4.78, 5) is 15.6. The summed E-state index contributed by atoms with van der Waals surface area (Å²) in [5.74, 6) is 0.910. The van der Waals surface area contributed by atoms with E-state index in [1.54, 1.807) is 0 Å². The molecule has 0 radical (unpaired) electrons. The minimum absolute atomic E-state index is 0.131. The van der Waals surface area contributed by atoms with Gasteiger partial charge in [-0.2, -0.15) is 5.10 Å². The summed E-state index contributed by atoms with van der Waals surface area (Å²) in [5, 5.41) is 7.80. The summed E-state index contributed by atoms with van der Waals surface area (Å²) in [5.41, 5.74) is 4.59. The number of carbonyl (C=O) groups is 1. The van der Waals surface area contributed by atoms with Gasteiger partial charge in [-0.3, -0.25) is 4.79 Å². The molecule has 6 rings (SSSR count). The smallest absolute Gasteiger partial charge is 0.235 e. The molecule has 1 N–H and O–H groups in total. The maximum atomic E-state index is 13.2. The van der Waals surface area contributed by atoms with Gasteiger partial charge in [-0.15, -0.1) is 0 Å². The molecule has 2 aromatic carbocycles. The van der Waals surface area contributed by atoms with Crippen molar-refractivity contribution in [2.45, 2.75) is 50.0 Å². The number of likely N-dealkylation sites (tertiary alicyclic amines) is 1. The topological polar surface area (TPSA) is 59.4 Å². The van der Waals surface area contributed by atoms with Gasteiger partial charge in [0.05, 0.1) is 28.7 Å². The highest BCUT2D eigenvalue weighted by atomic mass is 16.5. The van der Waals surface area contributed by atoms with Gasteiger partial charge in [0.25, 0.3) is 0 Å². The lowest BCUT2D eigenvalue weighted by atomic mass is 9.79. The molecule has 170 valence electrons. The van der Waals surface area contributed by atoms with Gasteiger partial charge in [0.15, 0.2) is 0 Å². The lowest BCUT2D eigenvalue weighted by Gasteiger charge is -2.23. The number of aromatic nitrogens is 2. The predicted molar refractivity (Wildman–Crippen MR) is 129 cm³/mol. The van der Waals surface area contributed by atoms with E-state index in [1.807, 2.05) is 35.1 Å². The maximum absolute atomic E-state index is 13.2. The van der Waals surface area contributed by atoms with Crippen LogP contribution in [-0.2, 0) is 10.2 Å². The van der Waals surface area contributed by atoms with Crippen LogP contribution in [0.15, 0.2) is 54.7 Å². The van der Waals surface area contributed by atoms with Crippen LogP contribution in [0, 0.1) is 0 Å². The van der Waals surface area contributed by atoms with Gasteiger partial charge in [-0.05, 0) is 75.2 Å². The van der Waals surface area contributed by atoms with Gasteiger partial charge in [0.1, 0.15) is 12.4 Å². The lowest BCUT2D eigenvalue weighted by Crippen LogP contribution is -2.31. The van der Waals surface area contributed by atoms with E-state index >= 15 is 0 Å². The first kappa shape index (κ1) is 20.5. The van der Waals surface area contributed by atoms with Gasteiger partial charge in [-0.1, -0.05) is 31.0 Å². The number of fused-ring (bicyclic) bond motifs is 2. The summed E-state index contributed by atoms with van der Waals surface area (Å²) >= 11 is 0. The Balaban J connectivity index is 1.45. The lowest BCUT2D eigenvalue weighted by molar-refractivity contribution is -0.120. The van der Waals surface area contributed by atoms with Gasteiger partial charge < -0.3 is 15.0 Å². The Bertz CT molecular complexity index is 1180. The van der Waals surface area contributed by atoms with E-state index in [-0.39, 0.29) is 5.91 Å². The van der Waals surface area contributed by atoms with Crippen LogP contribution >= 0.6 is 0 Å². The van der Waals surface area contributed by atoms with Gasteiger partial charge in [0, 0.05) is 11.6 Å². The van der Waals surface area contributed by atoms with Crippen LogP contribution in [0.1, 0.15) is 44.1 Å². The Morgan fingerprint density at radius 3 is 2.70 bits per heavy atom. The molecule has 1 saturated carbocycles. The van der Waals surface area contributed by atoms with Crippen LogP contribution in [0.3, 0.4) is 0 Å². The Kier molecular flexibility index (Phi) is 4.98. The van der Waals surface area contributed by atoms with Crippen molar-refractivity contribution in [3.8, 4) is 22.7 Å². The van der Waals surface area contributed by atoms with Crippen LogP contribution in [-0.4, -0.2) is 46.8 Å². The van der Waals surface area contributed by atoms with E-state index in [2.05, 4.69) is 46.6 Å². The van der Waals surface area contributed by atoms with E-state index in [4.69, 9.17) is 4.74 Å². The minimum Gasteiger partial charge on any atom is -0.490 e. The van der Waals surface area contributed by atoms with Crippen molar-refractivity contribution in [3.63, 3.8) is 0 Å². The molecular formula is C27H30N4O2. The number of hydrogen-bond acceptors (Lipinski definition) is 4. The van der Waals surface area contributed by atoms with Crippen molar-refractivity contribution in [2.75, 3.05) is 25.5 Å². The molecule has 33 heavy (non-hydrogen) atoms. The largest absolute Gasteiger partial charge is 0.490 e. The first-order valence-corrected chi connectivity index (χ1v) is 12.1. The average molecular weight is 443 g/mol. The SMILES string of the molecule is CN1CCC[C@H]1COc1cc(-c2ccnn2-c2ccccc2)cc2c1NC(=O)C21CCCC1. The van der Waals surface area contributed by atoms with Crippen LogP contribution < -0.4 is 10.1 Å². The normalized spacial score (nSPS) is 21.5. The number of likely N-dealkylation sites (N-methyl/N-ethyl adjacent to an activating group) is 1. The third kappa shape index (κ3) is 3.35. The highest BCUT2D eigenvalue weighted by molar-refractivity contribution is 6.08. The quantitative estimate of drug-likeness (QED) is 0.618. The molecule has 3 aromatic rings. The fraction of sp³-hybridized carbons (Fsp3) is 0.407. The van der Waals surface area contributed by atoms with Crippen LogP contribution in [0.5, 0.6) is 5.75 Å². The van der Waals surface area contributed by atoms with Gasteiger partial charge in [0.2, 0.25) is 5.91 Å². The molecular weight excluding hydrogens is 412 g/mol. The van der Waals surface area contributed by atoms with Crippen LogP contribution in [0.2, 0.25) is 0 Å². The van der Waals surface area contributed by atoms with E-state index < -0.39 is 5.41 Å². The summed E-state index contributed by atoms with van der Waals surface area (Å²) in [6.07, 6.45) is 8.16. The molecule has 1 spiro atoms. The van der Waals surface area contributed by atoms with Crippen LogP contribution in [0.4, 0.5) is 5.69 Å². The molecule has 1 aliphatic carbocycles. The van der Waals surface area contributed by atoms with Crippen LogP contribution in [0.25, 0.3) is 16.9 Å². The third-order valence-corrected chi connectivity index (χ3v) is 7.79. The number of amides is 1. The molecule has 3 aliphatic rings. The molecule has 1 aromatic heterocycles. The zero-order valence-corrected chi connectivity index (χ0v) is 19.1. The second-order valence-corrected chi connectivity index (χ2v) is 9.69. The number of hydrogen-bond donors (Lipinski definition) is 1. The number of nitrogens with zero attached hydrogens (tertiary/aromatic N) is 3. The molecule has 2 fully saturated rings. The number of anilines is 1. The fourth-order valence-electron chi connectivity index (χ4n) is 5.89.